The molecule has 2 rings (SSSR count). The number of hydrogen-bond donors (Lipinski definition) is 2. The summed E-state index contributed by atoms with van der Waals surface area (Å²) in [5.74, 6) is 5.32. The van der Waals surface area contributed by atoms with Crippen LogP contribution in [0.3, 0.4) is 0 Å². The number of amides is 1. The molecule has 0 bridgehead atoms. The van der Waals surface area contributed by atoms with Crippen molar-refractivity contribution in [2.75, 3.05) is 7.11 Å². The first-order chi connectivity index (χ1) is 11.1. The summed E-state index contributed by atoms with van der Waals surface area (Å²) in [6.07, 6.45) is 2.91. The number of hydrazine groups is 1. The summed E-state index contributed by atoms with van der Waals surface area (Å²) in [6.45, 7) is 0.221. The van der Waals surface area contributed by atoms with Gasteiger partial charge in [0, 0.05) is 6.08 Å². The molecule has 0 heterocycles. The first-order valence-electron chi connectivity index (χ1n) is 6.86. The van der Waals surface area contributed by atoms with Gasteiger partial charge in [0.1, 0.15) is 12.4 Å². The highest BCUT2D eigenvalue weighted by Crippen LogP contribution is 2.29. The van der Waals surface area contributed by atoms with E-state index in [0.29, 0.717) is 11.5 Å². The number of rotatable bonds is 6. The van der Waals surface area contributed by atoms with Gasteiger partial charge in [-0.05, 0) is 41.5 Å². The predicted octanol–water partition coefficient (Wildman–Crippen LogP) is 2.42. The van der Waals surface area contributed by atoms with Crippen molar-refractivity contribution in [3.8, 4) is 11.5 Å². The zero-order chi connectivity index (χ0) is 16.7. The van der Waals surface area contributed by atoms with Gasteiger partial charge in [-0.15, -0.1) is 0 Å². The van der Waals surface area contributed by atoms with Crippen molar-refractivity contribution in [3.63, 3.8) is 0 Å². The molecule has 2 aromatic carbocycles. The fraction of sp³-hybridized carbons (Fsp3) is 0.118. The van der Waals surface area contributed by atoms with Gasteiger partial charge >= 0.3 is 0 Å². The van der Waals surface area contributed by atoms with Gasteiger partial charge in [0.15, 0.2) is 11.5 Å². The topological polar surface area (TPSA) is 73.6 Å². The molecule has 0 aromatic heterocycles. The Morgan fingerprint density at radius 1 is 1.26 bits per heavy atom. The Morgan fingerprint density at radius 3 is 2.78 bits per heavy atom. The van der Waals surface area contributed by atoms with Crippen LogP contribution in [0, 0.1) is 5.82 Å². The van der Waals surface area contributed by atoms with E-state index >= 15 is 0 Å². The molecular weight excluding hydrogens is 299 g/mol. The number of benzene rings is 2. The molecule has 0 saturated carbocycles. The van der Waals surface area contributed by atoms with Gasteiger partial charge in [0.25, 0.3) is 5.91 Å². The number of halogens is 1. The molecule has 0 saturated heterocycles. The van der Waals surface area contributed by atoms with E-state index in [9.17, 15) is 9.18 Å². The van der Waals surface area contributed by atoms with E-state index in [-0.39, 0.29) is 12.4 Å². The maximum atomic E-state index is 13.1. The molecule has 0 radical (unpaired) electrons. The molecule has 5 nitrogen and oxygen atoms in total. The number of methoxy groups -OCH3 is 1. The fourth-order valence-corrected chi connectivity index (χ4v) is 1.91. The molecule has 0 fully saturated rings. The highest BCUT2D eigenvalue weighted by atomic mass is 19.1. The van der Waals surface area contributed by atoms with Crippen LogP contribution in [0.5, 0.6) is 11.5 Å². The van der Waals surface area contributed by atoms with Crippen LogP contribution in [-0.2, 0) is 11.4 Å². The molecule has 0 unspecified atom stereocenters. The van der Waals surface area contributed by atoms with E-state index in [0.717, 1.165) is 11.1 Å². The molecule has 2 aromatic rings. The van der Waals surface area contributed by atoms with Crippen LogP contribution in [0.25, 0.3) is 6.08 Å². The highest BCUT2D eigenvalue weighted by molar-refractivity contribution is 5.91. The smallest absolute Gasteiger partial charge is 0.257 e. The second-order valence-electron chi connectivity index (χ2n) is 4.67. The summed E-state index contributed by atoms with van der Waals surface area (Å²) in [4.78, 5) is 11.1. The Balaban J connectivity index is 2.10. The van der Waals surface area contributed by atoms with Crippen LogP contribution in [-0.4, -0.2) is 13.0 Å². The van der Waals surface area contributed by atoms with Crippen molar-refractivity contribution in [2.45, 2.75) is 6.61 Å². The van der Waals surface area contributed by atoms with E-state index in [1.807, 2.05) is 5.43 Å². The first kappa shape index (κ1) is 16.5. The van der Waals surface area contributed by atoms with Crippen molar-refractivity contribution < 1.29 is 18.7 Å². The number of nitrogens with one attached hydrogen (secondary N) is 1. The molecule has 0 aliphatic rings. The second kappa shape index (κ2) is 7.95. The Labute approximate surface area is 133 Å². The fourth-order valence-electron chi connectivity index (χ4n) is 1.91. The van der Waals surface area contributed by atoms with Crippen LogP contribution in [0.1, 0.15) is 11.1 Å². The molecule has 3 N–H and O–H groups in total. The van der Waals surface area contributed by atoms with E-state index in [4.69, 9.17) is 15.3 Å². The third kappa shape index (κ3) is 4.82. The van der Waals surface area contributed by atoms with E-state index in [1.54, 1.807) is 36.4 Å². The Kier molecular flexibility index (Phi) is 5.71. The summed E-state index contributed by atoms with van der Waals surface area (Å²) < 4.78 is 24.1. The molecule has 1 amide bonds. The Bertz CT molecular complexity index is 717. The monoisotopic (exact) mass is 316 g/mol. The summed E-state index contributed by atoms with van der Waals surface area (Å²) >= 11 is 0. The number of nitrogens with two attached hydrogens (primary N) is 1. The van der Waals surface area contributed by atoms with Gasteiger partial charge in [-0.3, -0.25) is 10.2 Å². The molecule has 0 aliphatic carbocycles. The minimum absolute atomic E-state index is 0.221. The lowest BCUT2D eigenvalue weighted by atomic mass is 10.2. The summed E-state index contributed by atoms with van der Waals surface area (Å²) in [7, 11) is 1.52. The van der Waals surface area contributed by atoms with Crippen LogP contribution in [0.15, 0.2) is 48.5 Å². The lowest BCUT2D eigenvalue weighted by Gasteiger charge is -2.11. The SMILES string of the molecule is COc1cc(/C=C/C(=O)NN)ccc1OCc1cccc(F)c1. The average molecular weight is 316 g/mol. The lowest BCUT2D eigenvalue weighted by Crippen LogP contribution is -2.27. The number of carbonyl (C=O) groups excluding carboxylic acids is 1. The highest BCUT2D eigenvalue weighted by Gasteiger charge is 2.06. The molecule has 0 spiro atoms. The molecule has 23 heavy (non-hydrogen) atoms. The average Bonchev–Trinajstić information content (AvgIpc) is 2.58. The minimum atomic E-state index is -0.407. The van der Waals surface area contributed by atoms with Crippen molar-refractivity contribution in [3.05, 3.63) is 65.5 Å². The number of carbonyl (C=O) groups is 1. The second-order valence-corrected chi connectivity index (χ2v) is 4.67. The van der Waals surface area contributed by atoms with Gasteiger partial charge in [-0.25, -0.2) is 10.2 Å². The zero-order valence-electron chi connectivity index (χ0n) is 12.6. The predicted molar refractivity (Wildman–Crippen MR) is 85.1 cm³/mol. The Hall–Kier alpha value is -2.86. The summed E-state index contributed by atoms with van der Waals surface area (Å²) in [5, 5.41) is 0. The quantitative estimate of drug-likeness (QED) is 0.371. The van der Waals surface area contributed by atoms with Crippen LogP contribution in [0.2, 0.25) is 0 Å². The number of hydrogen-bond acceptors (Lipinski definition) is 4. The zero-order valence-corrected chi connectivity index (χ0v) is 12.6. The molecular formula is C17H17FN2O3. The minimum Gasteiger partial charge on any atom is -0.493 e. The van der Waals surface area contributed by atoms with Crippen LogP contribution >= 0.6 is 0 Å². The van der Waals surface area contributed by atoms with Gasteiger partial charge in [0.2, 0.25) is 0 Å². The van der Waals surface area contributed by atoms with Crippen LogP contribution in [0.4, 0.5) is 4.39 Å². The molecule has 120 valence electrons. The van der Waals surface area contributed by atoms with E-state index in [1.165, 1.54) is 25.3 Å². The Morgan fingerprint density at radius 2 is 2.09 bits per heavy atom. The first-order valence-corrected chi connectivity index (χ1v) is 6.86. The summed E-state index contributed by atoms with van der Waals surface area (Å²) in [5.41, 5.74) is 3.48. The third-order valence-electron chi connectivity index (χ3n) is 3.04. The molecule has 6 heteroatoms. The molecule has 0 aliphatic heterocycles. The van der Waals surface area contributed by atoms with Gasteiger partial charge in [0.05, 0.1) is 7.11 Å². The maximum Gasteiger partial charge on any atom is 0.257 e. The van der Waals surface area contributed by atoms with Gasteiger partial charge in [-0.2, -0.15) is 0 Å². The largest absolute Gasteiger partial charge is 0.493 e. The lowest BCUT2D eigenvalue weighted by molar-refractivity contribution is -0.116. The third-order valence-corrected chi connectivity index (χ3v) is 3.04. The maximum absolute atomic E-state index is 13.1. The standard InChI is InChI=1S/C17H17FN2O3/c1-22-16-10-12(6-8-17(21)20-19)5-7-15(16)23-11-13-3-2-4-14(18)9-13/h2-10H,11,19H2,1H3,(H,20,21)/b8-6+. The van der Waals surface area contributed by atoms with Gasteiger partial charge in [-0.1, -0.05) is 18.2 Å². The van der Waals surface area contributed by atoms with Crippen molar-refractivity contribution >= 4 is 12.0 Å². The van der Waals surface area contributed by atoms with Gasteiger partial charge < -0.3 is 9.47 Å². The van der Waals surface area contributed by atoms with Crippen molar-refractivity contribution in [1.29, 1.82) is 0 Å². The van der Waals surface area contributed by atoms with E-state index < -0.39 is 5.91 Å². The van der Waals surface area contributed by atoms with E-state index in [2.05, 4.69) is 0 Å². The molecule has 0 atom stereocenters. The van der Waals surface area contributed by atoms with Crippen LogP contribution < -0.4 is 20.7 Å². The van der Waals surface area contributed by atoms with Crippen molar-refractivity contribution in [2.24, 2.45) is 5.84 Å². The normalized spacial score (nSPS) is 10.6. The summed E-state index contributed by atoms with van der Waals surface area (Å²) in [6, 6.07) is 11.4. The number of ether oxygens (including phenoxy) is 2. The van der Waals surface area contributed by atoms with Crippen molar-refractivity contribution in [1.82, 2.24) is 5.43 Å².